The summed E-state index contributed by atoms with van der Waals surface area (Å²) in [6.07, 6.45) is 1.50. The van der Waals surface area contributed by atoms with Crippen LogP contribution in [0.15, 0.2) is 33.8 Å². The number of hydrazone groups is 1. The average molecular weight is 387 g/mol. The molecule has 0 unspecified atom stereocenters. The zero-order valence-corrected chi connectivity index (χ0v) is 16.7. The summed E-state index contributed by atoms with van der Waals surface area (Å²) >= 11 is 0. The molecule has 0 radical (unpaired) electrons. The Morgan fingerprint density at radius 1 is 1.18 bits per heavy atom. The van der Waals surface area contributed by atoms with Gasteiger partial charge in [0.2, 0.25) is 0 Å². The van der Waals surface area contributed by atoms with Gasteiger partial charge in [0.1, 0.15) is 11.5 Å². The molecule has 0 spiro atoms. The van der Waals surface area contributed by atoms with E-state index in [-0.39, 0.29) is 18.4 Å². The standard InChI is InChI=1S/C20H25N3O5/c1-6-26-18-10-15(7-8-17(18)27-12-19(24)23(4)5)11-21-22-20(25)16-9-13(2)28-14(16)3/h7-11H,6,12H2,1-5H3,(H,22,25)/b21-11-. The highest BCUT2D eigenvalue weighted by atomic mass is 16.5. The fourth-order valence-corrected chi connectivity index (χ4v) is 2.34. The van der Waals surface area contributed by atoms with Crippen molar-refractivity contribution >= 4 is 18.0 Å². The van der Waals surface area contributed by atoms with E-state index in [2.05, 4.69) is 10.5 Å². The molecule has 1 aromatic carbocycles. The Morgan fingerprint density at radius 2 is 1.93 bits per heavy atom. The van der Waals surface area contributed by atoms with E-state index >= 15 is 0 Å². The first kappa shape index (κ1) is 21.0. The van der Waals surface area contributed by atoms with E-state index in [4.69, 9.17) is 13.9 Å². The third kappa shape index (κ3) is 5.60. The fourth-order valence-electron chi connectivity index (χ4n) is 2.34. The lowest BCUT2D eigenvalue weighted by Crippen LogP contribution is -2.27. The zero-order chi connectivity index (χ0) is 20.7. The molecule has 1 aromatic heterocycles. The topological polar surface area (TPSA) is 93.4 Å². The quantitative estimate of drug-likeness (QED) is 0.555. The summed E-state index contributed by atoms with van der Waals surface area (Å²) in [6.45, 7) is 5.71. The van der Waals surface area contributed by atoms with E-state index in [9.17, 15) is 9.59 Å². The van der Waals surface area contributed by atoms with Crippen LogP contribution < -0.4 is 14.9 Å². The van der Waals surface area contributed by atoms with Gasteiger partial charge in [0.15, 0.2) is 18.1 Å². The number of nitrogens with zero attached hydrogens (tertiary/aromatic N) is 2. The predicted molar refractivity (Wildman–Crippen MR) is 105 cm³/mol. The molecule has 0 aliphatic heterocycles. The molecule has 2 amide bonds. The summed E-state index contributed by atoms with van der Waals surface area (Å²) in [5.74, 6) is 1.65. The van der Waals surface area contributed by atoms with Gasteiger partial charge in [-0.2, -0.15) is 5.10 Å². The maximum Gasteiger partial charge on any atom is 0.274 e. The molecule has 8 nitrogen and oxygen atoms in total. The van der Waals surface area contributed by atoms with Crippen LogP contribution in [0.25, 0.3) is 0 Å². The average Bonchev–Trinajstić information content (AvgIpc) is 2.99. The highest BCUT2D eigenvalue weighted by Gasteiger charge is 2.13. The number of benzene rings is 1. The lowest BCUT2D eigenvalue weighted by atomic mass is 10.2. The monoisotopic (exact) mass is 387 g/mol. The molecule has 28 heavy (non-hydrogen) atoms. The van der Waals surface area contributed by atoms with Crippen LogP contribution in [0.2, 0.25) is 0 Å². The molecule has 0 aliphatic rings. The Kier molecular flexibility index (Phi) is 7.20. The first-order chi connectivity index (χ1) is 13.3. The van der Waals surface area contributed by atoms with Crippen molar-refractivity contribution in [2.24, 2.45) is 5.10 Å². The number of amides is 2. The first-order valence-electron chi connectivity index (χ1n) is 8.82. The van der Waals surface area contributed by atoms with Crippen molar-refractivity contribution in [3.05, 3.63) is 46.9 Å². The molecular weight excluding hydrogens is 362 g/mol. The van der Waals surface area contributed by atoms with Crippen molar-refractivity contribution in [1.82, 2.24) is 10.3 Å². The molecule has 2 rings (SSSR count). The number of hydrogen-bond donors (Lipinski definition) is 1. The normalized spacial score (nSPS) is 10.8. The summed E-state index contributed by atoms with van der Waals surface area (Å²) in [5.41, 5.74) is 3.62. The Hall–Kier alpha value is -3.29. The lowest BCUT2D eigenvalue weighted by molar-refractivity contribution is -0.130. The van der Waals surface area contributed by atoms with Crippen LogP contribution in [-0.4, -0.2) is 50.2 Å². The van der Waals surface area contributed by atoms with Crippen LogP contribution in [0, 0.1) is 13.8 Å². The molecule has 8 heteroatoms. The molecule has 0 bridgehead atoms. The van der Waals surface area contributed by atoms with Crippen LogP contribution in [-0.2, 0) is 4.79 Å². The van der Waals surface area contributed by atoms with Gasteiger partial charge in [0, 0.05) is 14.1 Å². The minimum Gasteiger partial charge on any atom is -0.490 e. The van der Waals surface area contributed by atoms with Crippen molar-refractivity contribution in [2.45, 2.75) is 20.8 Å². The summed E-state index contributed by atoms with van der Waals surface area (Å²) in [6, 6.07) is 6.83. The Morgan fingerprint density at radius 3 is 2.54 bits per heavy atom. The van der Waals surface area contributed by atoms with Crippen molar-refractivity contribution in [3.8, 4) is 11.5 Å². The maximum atomic E-state index is 12.1. The number of carbonyl (C=O) groups excluding carboxylic acids is 2. The number of carbonyl (C=O) groups is 2. The van der Waals surface area contributed by atoms with Gasteiger partial charge in [-0.3, -0.25) is 9.59 Å². The van der Waals surface area contributed by atoms with Gasteiger partial charge < -0.3 is 18.8 Å². The Labute approximate surface area is 164 Å². The number of furan rings is 1. The minimum atomic E-state index is -0.349. The van der Waals surface area contributed by atoms with Crippen LogP contribution >= 0.6 is 0 Å². The highest BCUT2D eigenvalue weighted by molar-refractivity contribution is 5.95. The number of rotatable bonds is 8. The van der Waals surface area contributed by atoms with Crippen LogP contribution in [0.3, 0.4) is 0 Å². The molecule has 1 heterocycles. The zero-order valence-electron chi connectivity index (χ0n) is 16.7. The van der Waals surface area contributed by atoms with Crippen LogP contribution in [0.1, 0.15) is 34.4 Å². The van der Waals surface area contributed by atoms with E-state index in [0.29, 0.717) is 40.8 Å². The van der Waals surface area contributed by atoms with Gasteiger partial charge >= 0.3 is 0 Å². The van der Waals surface area contributed by atoms with Crippen molar-refractivity contribution in [3.63, 3.8) is 0 Å². The summed E-state index contributed by atoms with van der Waals surface area (Å²) < 4.78 is 16.5. The highest BCUT2D eigenvalue weighted by Crippen LogP contribution is 2.28. The van der Waals surface area contributed by atoms with Crippen molar-refractivity contribution in [1.29, 1.82) is 0 Å². The Bertz CT molecular complexity index is 871. The number of nitrogens with one attached hydrogen (secondary N) is 1. The van der Waals surface area contributed by atoms with E-state index in [1.807, 2.05) is 6.92 Å². The van der Waals surface area contributed by atoms with Gasteiger partial charge in [0.05, 0.1) is 18.4 Å². The molecule has 0 saturated heterocycles. The molecule has 0 atom stereocenters. The molecule has 0 saturated carbocycles. The number of aryl methyl sites for hydroxylation is 2. The smallest absolute Gasteiger partial charge is 0.274 e. The molecule has 1 N–H and O–H groups in total. The van der Waals surface area contributed by atoms with E-state index in [1.54, 1.807) is 52.2 Å². The van der Waals surface area contributed by atoms with Crippen LogP contribution in [0.4, 0.5) is 0 Å². The summed E-state index contributed by atoms with van der Waals surface area (Å²) in [4.78, 5) is 25.3. The van der Waals surface area contributed by atoms with E-state index in [0.717, 1.165) is 0 Å². The largest absolute Gasteiger partial charge is 0.490 e. The van der Waals surface area contributed by atoms with Crippen molar-refractivity contribution in [2.75, 3.05) is 27.3 Å². The predicted octanol–water partition coefficient (Wildman–Crippen LogP) is 2.53. The SMILES string of the molecule is CCOc1cc(/C=N\NC(=O)c2cc(C)oc2C)ccc1OCC(=O)N(C)C. The summed E-state index contributed by atoms with van der Waals surface area (Å²) in [5, 5.41) is 3.97. The minimum absolute atomic E-state index is 0.0833. The molecular formula is C20H25N3O5. The Balaban J connectivity index is 2.05. The van der Waals surface area contributed by atoms with Crippen molar-refractivity contribution < 1.29 is 23.5 Å². The molecule has 150 valence electrons. The van der Waals surface area contributed by atoms with Gasteiger partial charge in [-0.1, -0.05) is 0 Å². The number of likely N-dealkylation sites (N-methyl/N-ethyl adjacent to an activating group) is 1. The molecule has 0 fully saturated rings. The third-order valence-electron chi connectivity index (χ3n) is 3.78. The first-order valence-corrected chi connectivity index (χ1v) is 8.82. The second-order valence-corrected chi connectivity index (χ2v) is 6.24. The second-order valence-electron chi connectivity index (χ2n) is 6.24. The maximum absolute atomic E-state index is 12.1. The number of ether oxygens (including phenoxy) is 2. The van der Waals surface area contributed by atoms with Gasteiger partial charge in [-0.05, 0) is 50.6 Å². The van der Waals surface area contributed by atoms with Gasteiger partial charge in [-0.25, -0.2) is 5.43 Å². The van der Waals surface area contributed by atoms with E-state index < -0.39 is 0 Å². The lowest BCUT2D eigenvalue weighted by Gasteiger charge is -2.14. The number of hydrogen-bond acceptors (Lipinski definition) is 6. The van der Waals surface area contributed by atoms with Gasteiger partial charge in [-0.15, -0.1) is 0 Å². The fraction of sp³-hybridized carbons (Fsp3) is 0.350. The van der Waals surface area contributed by atoms with E-state index in [1.165, 1.54) is 11.1 Å². The molecule has 0 aliphatic carbocycles. The third-order valence-corrected chi connectivity index (χ3v) is 3.78. The second kappa shape index (κ2) is 9.59. The molecule has 2 aromatic rings. The summed E-state index contributed by atoms with van der Waals surface area (Å²) in [7, 11) is 3.32. The van der Waals surface area contributed by atoms with Gasteiger partial charge in [0.25, 0.3) is 11.8 Å². The van der Waals surface area contributed by atoms with Crippen LogP contribution in [0.5, 0.6) is 11.5 Å².